The third-order valence-corrected chi connectivity index (χ3v) is 3.71. The number of nitrogens with two attached hydrogens (primary N) is 1. The zero-order valence-electron chi connectivity index (χ0n) is 11.7. The topological polar surface area (TPSA) is 49.5 Å². The van der Waals surface area contributed by atoms with Crippen LogP contribution in [-0.2, 0) is 0 Å². The molecule has 0 bridgehead atoms. The van der Waals surface area contributed by atoms with Crippen LogP contribution in [0.5, 0.6) is 0 Å². The van der Waals surface area contributed by atoms with Crippen molar-refractivity contribution in [3.8, 4) is 0 Å². The lowest BCUT2D eigenvalue weighted by Gasteiger charge is -2.35. The smallest absolute Gasteiger partial charge is 0.0602 e. The van der Waals surface area contributed by atoms with Crippen molar-refractivity contribution in [1.82, 2.24) is 4.90 Å². The van der Waals surface area contributed by atoms with Crippen LogP contribution < -0.4 is 5.73 Å². The molecule has 2 unspecified atom stereocenters. The van der Waals surface area contributed by atoms with Gasteiger partial charge in [-0.05, 0) is 38.1 Å². The summed E-state index contributed by atoms with van der Waals surface area (Å²) in [5, 5.41) is 9.61. The molecule has 0 saturated heterocycles. The van der Waals surface area contributed by atoms with Crippen molar-refractivity contribution in [1.29, 1.82) is 0 Å². The minimum absolute atomic E-state index is 0.123. The molecule has 1 saturated carbocycles. The minimum atomic E-state index is 0.123. The van der Waals surface area contributed by atoms with E-state index < -0.39 is 0 Å². The van der Waals surface area contributed by atoms with Gasteiger partial charge in [0.05, 0.1) is 6.61 Å². The molecule has 1 aliphatic carbocycles. The predicted octanol–water partition coefficient (Wildman–Crippen LogP) is 1.99. The Morgan fingerprint density at radius 2 is 1.94 bits per heavy atom. The highest BCUT2D eigenvalue weighted by Crippen LogP contribution is 2.30. The fraction of sp³-hybridized carbons (Fsp3) is 1.00. The number of rotatable bonds is 9. The summed E-state index contributed by atoms with van der Waals surface area (Å²) in [6, 6.07) is 0.979. The summed E-state index contributed by atoms with van der Waals surface area (Å²) in [6.45, 7) is 7.96. The van der Waals surface area contributed by atoms with E-state index in [-0.39, 0.29) is 18.7 Å². The summed E-state index contributed by atoms with van der Waals surface area (Å²) in [6.07, 6.45) is 5.88. The Labute approximate surface area is 106 Å². The molecule has 0 amide bonds. The first-order chi connectivity index (χ1) is 8.10. The SMILES string of the molecule is CCCC(N)C(CO)N(CCC(C)C)C1CC1. The fourth-order valence-electron chi connectivity index (χ4n) is 2.44. The van der Waals surface area contributed by atoms with Crippen LogP contribution in [0.2, 0.25) is 0 Å². The van der Waals surface area contributed by atoms with Crippen LogP contribution in [0.25, 0.3) is 0 Å². The maximum absolute atomic E-state index is 9.61. The van der Waals surface area contributed by atoms with Crippen LogP contribution in [0.15, 0.2) is 0 Å². The lowest BCUT2D eigenvalue weighted by Crippen LogP contribution is -2.51. The zero-order chi connectivity index (χ0) is 12.8. The van der Waals surface area contributed by atoms with Crippen molar-refractivity contribution in [2.45, 2.75) is 71.0 Å². The Hall–Kier alpha value is -0.120. The van der Waals surface area contributed by atoms with E-state index in [0.29, 0.717) is 6.04 Å². The largest absolute Gasteiger partial charge is 0.395 e. The van der Waals surface area contributed by atoms with Crippen LogP contribution in [0.3, 0.4) is 0 Å². The van der Waals surface area contributed by atoms with Crippen molar-refractivity contribution in [3.63, 3.8) is 0 Å². The van der Waals surface area contributed by atoms with Gasteiger partial charge in [-0.15, -0.1) is 0 Å². The van der Waals surface area contributed by atoms with Gasteiger partial charge in [-0.2, -0.15) is 0 Å². The van der Waals surface area contributed by atoms with Gasteiger partial charge in [0.15, 0.2) is 0 Å². The summed E-state index contributed by atoms with van der Waals surface area (Å²) >= 11 is 0. The molecule has 0 spiro atoms. The molecule has 0 radical (unpaired) electrons. The summed E-state index contributed by atoms with van der Waals surface area (Å²) in [7, 11) is 0. The molecule has 0 aromatic heterocycles. The van der Waals surface area contributed by atoms with Gasteiger partial charge in [0, 0.05) is 18.1 Å². The molecule has 1 rings (SSSR count). The van der Waals surface area contributed by atoms with Crippen LogP contribution in [0, 0.1) is 5.92 Å². The van der Waals surface area contributed by atoms with Gasteiger partial charge in [0.1, 0.15) is 0 Å². The standard InChI is InChI=1S/C14H30N2O/c1-4-5-13(15)14(10-17)16(12-6-7-12)9-8-11(2)3/h11-14,17H,4-10,15H2,1-3H3. The first-order valence-corrected chi connectivity index (χ1v) is 7.22. The Kier molecular flexibility index (Phi) is 6.45. The van der Waals surface area contributed by atoms with Crippen LogP contribution >= 0.6 is 0 Å². The van der Waals surface area contributed by atoms with Crippen LogP contribution in [0.4, 0.5) is 0 Å². The van der Waals surface area contributed by atoms with Crippen molar-refractivity contribution in [3.05, 3.63) is 0 Å². The fourth-order valence-corrected chi connectivity index (χ4v) is 2.44. The van der Waals surface area contributed by atoms with Gasteiger partial charge in [0.2, 0.25) is 0 Å². The van der Waals surface area contributed by atoms with Crippen molar-refractivity contribution >= 4 is 0 Å². The molecule has 3 heteroatoms. The van der Waals surface area contributed by atoms with Gasteiger partial charge in [-0.1, -0.05) is 27.2 Å². The van der Waals surface area contributed by atoms with E-state index in [0.717, 1.165) is 25.3 Å². The lowest BCUT2D eigenvalue weighted by molar-refractivity contribution is 0.0900. The normalized spacial score (nSPS) is 19.9. The molecule has 2 atom stereocenters. The highest BCUT2D eigenvalue weighted by atomic mass is 16.3. The van der Waals surface area contributed by atoms with E-state index in [2.05, 4.69) is 25.7 Å². The Morgan fingerprint density at radius 3 is 2.35 bits per heavy atom. The Morgan fingerprint density at radius 1 is 1.29 bits per heavy atom. The Balaban J connectivity index is 2.52. The maximum Gasteiger partial charge on any atom is 0.0602 e. The highest BCUT2D eigenvalue weighted by molar-refractivity contribution is 4.92. The first-order valence-electron chi connectivity index (χ1n) is 7.22. The molecular weight excluding hydrogens is 212 g/mol. The van der Waals surface area contributed by atoms with E-state index in [9.17, 15) is 5.11 Å². The molecule has 0 heterocycles. The number of hydrogen-bond donors (Lipinski definition) is 2. The second-order valence-corrected chi connectivity index (χ2v) is 5.85. The molecule has 1 aliphatic rings. The van der Waals surface area contributed by atoms with E-state index in [1.54, 1.807) is 0 Å². The van der Waals surface area contributed by atoms with Gasteiger partial charge in [0.25, 0.3) is 0 Å². The molecule has 3 nitrogen and oxygen atoms in total. The van der Waals surface area contributed by atoms with E-state index in [4.69, 9.17) is 5.73 Å². The maximum atomic E-state index is 9.61. The van der Waals surface area contributed by atoms with Gasteiger partial charge in [-0.25, -0.2) is 0 Å². The van der Waals surface area contributed by atoms with Crippen molar-refractivity contribution in [2.24, 2.45) is 11.7 Å². The van der Waals surface area contributed by atoms with Gasteiger partial charge in [-0.3, -0.25) is 4.90 Å². The molecule has 0 aliphatic heterocycles. The van der Waals surface area contributed by atoms with Crippen molar-refractivity contribution < 1.29 is 5.11 Å². The minimum Gasteiger partial charge on any atom is -0.395 e. The van der Waals surface area contributed by atoms with E-state index in [1.165, 1.54) is 19.3 Å². The molecular formula is C14H30N2O. The Bertz CT molecular complexity index is 204. The monoisotopic (exact) mass is 242 g/mol. The molecule has 3 N–H and O–H groups in total. The quantitative estimate of drug-likeness (QED) is 0.650. The summed E-state index contributed by atoms with van der Waals surface area (Å²) < 4.78 is 0. The van der Waals surface area contributed by atoms with Gasteiger partial charge < -0.3 is 10.8 Å². The number of aliphatic hydroxyl groups excluding tert-OH is 1. The molecule has 0 aromatic rings. The zero-order valence-corrected chi connectivity index (χ0v) is 11.7. The number of hydrogen-bond acceptors (Lipinski definition) is 3. The number of nitrogens with zero attached hydrogens (tertiary/aromatic N) is 1. The number of aliphatic hydroxyl groups is 1. The third-order valence-electron chi connectivity index (χ3n) is 3.71. The van der Waals surface area contributed by atoms with Crippen LogP contribution in [0.1, 0.15) is 52.9 Å². The van der Waals surface area contributed by atoms with Crippen molar-refractivity contribution in [2.75, 3.05) is 13.2 Å². The summed E-state index contributed by atoms with van der Waals surface area (Å²) in [5.41, 5.74) is 6.21. The van der Waals surface area contributed by atoms with Crippen LogP contribution in [-0.4, -0.2) is 41.3 Å². The summed E-state index contributed by atoms with van der Waals surface area (Å²) in [4.78, 5) is 2.47. The third kappa shape index (κ3) is 4.94. The van der Waals surface area contributed by atoms with Gasteiger partial charge >= 0.3 is 0 Å². The average Bonchev–Trinajstić information content (AvgIpc) is 3.07. The van der Waals surface area contributed by atoms with E-state index >= 15 is 0 Å². The molecule has 17 heavy (non-hydrogen) atoms. The highest BCUT2D eigenvalue weighted by Gasteiger charge is 2.35. The average molecular weight is 242 g/mol. The second kappa shape index (κ2) is 7.34. The summed E-state index contributed by atoms with van der Waals surface area (Å²) in [5.74, 6) is 0.720. The lowest BCUT2D eigenvalue weighted by atomic mass is 10.0. The molecule has 0 aromatic carbocycles. The second-order valence-electron chi connectivity index (χ2n) is 5.85. The predicted molar refractivity (Wildman–Crippen MR) is 72.9 cm³/mol. The molecule has 102 valence electrons. The van der Waals surface area contributed by atoms with E-state index in [1.807, 2.05) is 0 Å². The molecule has 1 fully saturated rings. The first kappa shape index (κ1) is 14.9.